The molecule has 0 N–H and O–H groups in total. The van der Waals surface area contributed by atoms with Gasteiger partial charge in [-0.05, 0) is 41.5 Å². The zero-order chi connectivity index (χ0) is 17.3. The van der Waals surface area contributed by atoms with Gasteiger partial charge in [0.2, 0.25) is 0 Å². The molecule has 1 nitrogen and oxygen atoms in total. The maximum absolute atomic E-state index is 3.59. The lowest BCUT2D eigenvalue weighted by Crippen LogP contribution is -1.82. The Balaban J connectivity index is 1.79. The molecule has 0 radical (unpaired) electrons. The van der Waals surface area contributed by atoms with Crippen LogP contribution in [0.3, 0.4) is 0 Å². The predicted octanol–water partition coefficient (Wildman–Crippen LogP) is 7.27. The third-order valence-electron chi connectivity index (χ3n) is 5.38. The fourth-order valence-electron chi connectivity index (χ4n) is 4.28. The number of benzene rings is 4. The number of halogens is 1. The van der Waals surface area contributed by atoms with Crippen LogP contribution in [0.1, 0.15) is 0 Å². The van der Waals surface area contributed by atoms with Crippen molar-refractivity contribution >= 4 is 54.0 Å². The first-order chi connectivity index (χ1) is 12.8. The summed E-state index contributed by atoms with van der Waals surface area (Å²) < 4.78 is 3.52. The topological polar surface area (TPSA) is 4.41 Å². The molecule has 0 bridgehead atoms. The Morgan fingerprint density at radius 1 is 0.538 bits per heavy atom. The van der Waals surface area contributed by atoms with Crippen molar-refractivity contribution in [2.75, 3.05) is 0 Å². The molecule has 0 amide bonds. The summed E-state index contributed by atoms with van der Waals surface area (Å²) in [7, 11) is 0. The Hall–Kier alpha value is -2.84. The van der Waals surface area contributed by atoms with E-state index in [9.17, 15) is 0 Å². The Morgan fingerprint density at radius 3 is 2.12 bits per heavy atom. The van der Waals surface area contributed by atoms with Gasteiger partial charge in [0, 0.05) is 26.0 Å². The largest absolute Gasteiger partial charge is 0.308 e. The van der Waals surface area contributed by atoms with Crippen LogP contribution in [0.25, 0.3) is 49.2 Å². The molecule has 0 spiro atoms. The van der Waals surface area contributed by atoms with E-state index in [0.717, 1.165) is 4.47 Å². The third kappa shape index (κ3) is 1.80. The van der Waals surface area contributed by atoms with Gasteiger partial charge in [-0.2, -0.15) is 0 Å². The Labute approximate surface area is 158 Å². The SMILES string of the molecule is Brc1cccc(-c2ccc3c(c2)c2cccc4c5ccccc5n3c42)c1. The van der Waals surface area contributed by atoms with Crippen LogP contribution in [0.5, 0.6) is 0 Å². The van der Waals surface area contributed by atoms with Gasteiger partial charge in [-0.25, -0.2) is 0 Å². The van der Waals surface area contributed by atoms with Gasteiger partial charge >= 0.3 is 0 Å². The fourth-order valence-corrected chi connectivity index (χ4v) is 4.68. The molecule has 0 aliphatic carbocycles. The van der Waals surface area contributed by atoms with Gasteiger partial charge in [-0.15, -0.1) is 0 Å². The molecule has 2 heterocycles. The highest BCUT2D eigenvalue weighted by molar-refractivity contribution is 9.10. The smallest absolute Gasteiger partial charge is 0.0620 e. The molecular weight excluding hydrogens is 382 g/mol. The van der Waals surface area contributed by atoms with Crippen molar-refractivity contribution in [3.63, 3.8) is 0 Å². The molecule has 0 atom stereocenters. The summed E-state index contributed by atoms with van der Waals surface area (Å²) in [6, 6.07) is 30.6. The number of fused-ring (bicyclic) bond motifs is 6. The molecule has 0 aliphatic rings. The van der Waals surface area contributed by atoms with Crippen molar-refractivity contribution in [2.24, 2.45) is 0 Å². The van der Waals surface area contributed by atoms with Gasteiger partial charge in [-0.3, -0.25) is 0 Å². The van der Waals surface area contributed by atoms with Crippen LogP contribution in [0.4, 0.5) is 0 Å². The molecule has 0 aliphatic heterocycles. The minimum absolute atomic E-state index is 1.11. The Morgan fingerprint density at radius 2 is 1.23 bits per heavy atom. The molecule has 0 fully saturated rings. The number of para-hydroxylation sites is 2. The van der Waals surface area contributed by atoms with Crippen molar-refractivity contribution in [3.8, 4) is 11.1 Å². The molecule has 122 valence electrons. The maximum atomic E-state index is 3.59. The van der Waals surface area contributed by atoms with Crippen LogP contribution in [0.2, 0.25) is 0 Å². The summed E-state index contributed by atoms with van der Waals surface area (Å²) in [6.45, 7) is 0. The number of aromatic nitrogens is 1. The van der Waals surface area contributed by atoms with Crippen LogP contribution >= 0.6 is 15.9 Å². The summed E-state index contributed by atoms with van der Waals surface area (Å²) in [5.74, 6) is 0. The molecule has 26 heavy (non-hydrogen) atoms. The zero-order valence-electron chi connectivity index (χ0n) is 13.9. The summed E-state index contributed by atoms with van der Waals surface area (Å²) in [6.07, 6.45) is 0. The van der Waals surface area contributed by atoms with Crippen molar-refractivity contribution in [1.29, 1.82) is 0 Å². The van der Waals surface area contributed by atoms with Gasteiger partial charge in [-0.1, -0.05) is 70.5 Å². The Kier molecular flexibility index (Phi) is 2.81. The minimum atomic E-state index is 1.11. The minimum Gasteiger partial charge on any atom is -0.308 e. The monoisotopic (exact) mass is 395 g/mol. The second-order valence-corrected chi connectivity index (χ2v) is 7.71. The number of nitrogens with zero attached hydrogens (tertiary/aromatic N) is 1. The van der Waals surface area contributed by atoms with Gasteiger partial charge in [0.1, 0.15) is 0 Å². The van der Waals surface area contributed by atoms with E-state index in [1.54, 1.807) is 0 Å². The van der Waals surface area contributed by atoms with E-state index < -0.39 is 0 Å². The lowest BCUT2D eigenvalue weighted by molar-refractivity contribution is 1.37. The van der Waals surface area contributed by atoms with Gasteiger partial charge in [0.15, 0.2) is 0 Å². The average molecular weight is 396 g/mol. The lowest BCUT2D eigenvalue weighted by atomic mass is 10.0. The van der Waals surface area contributed by atoms with Crippen molar-refractivity contribution < 1.29 is 0 Å². The first-order valence-corrected chi connectivity index (χ1v) is 9.53. The number of hydrogen-bond donors (Lipinski definition) is 0. The standard InChI is InChI=1S/C24H14BrN/c25-17-6-3-5-15(13-17)16-11-12-23-21(14-16)20-9-4-8-19-18-7-1-2-10-22(18)26(23)24(19)20/h1-14H. The van der Waals surface area contributed by atoms with Gasteiger partial charge < -0.3 is 4.40 Å². The first-order valence-electron chi connectivity index (χ1n) is 8.74. The van der Waals surface area contributed by atoms with Crippen molar-refractivity contribution in [1.82, 2.24) is 4.40 Å². The highest BCUT2D eigenvalue weighted by Crippen LogP contribution is 2.40. The molecular formula is C24H14BrN. The van der Waals surface area contributed by atoms with E-state index in [0.29, 0.717) is 0 Å². The second kappa shape index (κ2) is 5.09. The van der Waals surface area contributed by atoms with Crippen molar-refractivity contribution in [3.05, 3.63) is 89.4 Å². The Bertz CT molecular complexity index is 1440. The second-order valence-electron chi connectivity index (χ2n) is 6.80. The van der Waals surface area contributed by atoms with Crippen molar-refractivity contribution in [2.45, 2.75) is 0 Å². The van der Waals surface area contributed by atoms with Crippen LogP contribution in [-0.4, -0.2) is 4.40 Å². The summed E-state index contributed by atoms with van der Waals surface area (Å²) in [5.41, 5.74) is 6.36. The van der Waals surface area contributed by atoms with E-state index in [-0.39, 0.29) is 0 Å². The van der Waals surface area contributed by atoms with Crippen LogP contribution in [-0.2, 0) is 0 Å². The third-order valence-corrected chi connectivity index (χ3v) is 5.87. The molecule has 2 aromatic heterocycles. The molecule has 0 saturated carbocycles. The number of rotatable bonds is 1. The van der Waals surface area contributed by atoms with Crippen LogP contribution < -0.4 is 0 Å². The molecule has 2 heteroatoms. The van der Waals surface area contributed by atoms with Crippen LogP contribution in [0, 0.1) is 0 Å². The fraction of sp³-hybridized carbons (Fsp3) is 0. The normalized spacial score (nSPS) is 12.0. The summed E-state index contributed by atoms with van der Waals surface area (Å²) in [5, 5.41) is 5.30. The van der Waals surface area contributed by atoms with Gasteiger partial charge in [0.05, 0.1) is 16.6 Å². The first kappa shape index (κ1) is 14.3. The molecule has 6 rings (SSSR count). The highest BCUT2D eigenvalue weighted by Gasteiger charge is 2.16. The van der Waals surface area contributed by atoms with Crippen LogP contribution in [0.15, 0.2) is 89.4 Å². The summed E-state index contributed by atoms with van der Waals surface area (Å²) in [4.78, 5) is 0. The maximum Gasteiger partial charge on any atom is 0.0620 e. The highest BCUT2D eigenvalue weighted by atomic mass is 79.9. The molecule has 0 saturated heterocycles. The van der Waals surface area contributed by atoms with E-state index in [2.05, 4.69) is 105 Å². The van der Waals surface area contributed by atoms with E-state index in [4.69, 9.17) is 0 Å². The zero-order valence-corrected chi connectivity index (χ0v) is 15.5. The van der Waals surface area contributed by atoms with E-state index in [1.165, 1.54) is 49.2 Å². The average Bonchev–Trinajstić information content (AvgIpc) is 3.19. The summed E-state index contributed by atoms with van der Waals surface area (Å²) >= 11 is 3.59. The quantitative estimate of drug-likeness (QED) is 0.275. The molecule has 4 aromatic carbocycles. The predicted molar refractivity (Wildman–Crippen MR) is 114 cm³/mol. The number of hydrogen-bond acceptors (Lipinski definition) is 0. The molecule has 6 aromatic rings. The van der Waals surface area contributed by atoms with E-state index in [1.807, 2.05) is 0 Å². The van der Waals surface area contributed by atoms with Gasteiger partial charge in [0.25, 0.3) is 0 Å². The lowest BCUT2D eigenvalue weighted by Gasteiger charge is -2.04. The molecule has 0 unspecified atom stereocenters. The van der Waals surface area contributed by atoms with E-state index >= 15 is 0 Å².